The molecular weight excluding hydrogens is 194 g/mol. The second-order valence-corrected chi connectivity index (χ2v) is 4.26. The molecule has 3 heteroatoms. The van der Waals surface area contributed by atoms with Crippen molar-refractivity contribution in [3.63, 3.8) is 0 Å². The van der Waals surface area contributed by atoms with Gasteiger partial charge < -0.3 is 0 Å². The summed E-state index contributed by atoms with van der Waals surface area (Å²) in [5, 5.41) is 0.929. The van der Waals surface area contributed by atoms with Crippen LogP contribution in [-0.4, -0.2) is 10.8 Å². The highest BCUT2D eigenvalue weighted by Gasteiger charge is 2.06. The van der Waals surface area contributed by atoms with Crippen LogP contribution in [0.4, 0.5) is 0 Å². The van der Waals surface area contributed by atoms with Gasteiger partial charge in [0.1, 0.15) is 10.8 Å². The highest BCUT2D eigenvalue weighted by atomic mass is 32.1. The van der Waals surface area contributed by atoms with Crippen molar-refractivity contribution in [1.29, 1.82) is 0 Å². The van der Waals surface area contributed by atoms with Crippen molar-refractivity contribution in [1.82, 2.24) is 4.98 Å². The van der Waals surface area contributed by atoms with E-state index in [4.69, 9.17) is 0 Å². The Kier molecular flexibility index (Phi) is 2.59. The van der Waals surface area contributed by atoms with Crippen LogP contribution in [0, 0.1) is 0 Å². The summed E-state index contributed by atoms with van der Waals surface area (Å²) in [5.41, 5.74) is 0.997. The first-order chi connectivity index (χ1) is 6.79. The Bertz CT molecular complexity index is 428. The number of nitrogens with zero attached hydrogens (tertiary/aromatic N) is 1. The number of para-hydroxylation sites is 1. The van der Waals surface area contributed by atoms with E-state index < -0.39 is 0 Å². The van der Waals surface area contributed by atoms with Crippen molar-refractivity contribution in [3.05, 3.63) is 29.3 Å². The van der Waals surface area contributed by atoms with Crippen LogP contribution in [0.1, 0.15) is 18.4 Å². The molecule has 2 rings (SSSR count). The van der Waals surface area contributed by atoms with Crippen LogP contribution in [0.2, 0.25) is 0 Å². The smallest absolute Gasteiger partial charge is 0.139 e. The van der Waals surface area contributed by atoms with Gasteiger partial charge in [-0.3, -0.25) is 4.79 Å². The van der Waals surface area contributed by atoms with Crippen LogP contribution in [0.3, 0.4) is 0 Å². The first-order valence-corrected chi connectivity index (χ1v) is 5.47. The Hall–Kier alpha value is -1.22. The van der Waals surface area contributed by atoms with Gasteiger partial charge in [-0.25, -0.2) is 4.98 Å². The first kappa shape index (κ1) is 9.34. The molecule has 2 nitrogen and oxygen atoms in total. The summed E-state index contributed by atoms with van der Waals surface area (Å²) in [7, 11) is 0. The molecule has 0 amide bonds. The zero-order valence-electron chi connectivity index (χ0n) is 7.99. The maximum atomic E-state index is 11.2. The molecule has 1 heterocycles. The molecule has 0 saturated heterocycles. The van der Waals surface area contributed by atoms with Gasteiger partial charge in [0.25, 0.3) is 0 Å². The Labute approximate surface area is 86.6 Å². The second-order valence-electron chi connectivity index (χ2n) is 3.14. The Balaban J connectivity index is 2.31. The minimum Gasteiger partial charge on any atom is -0.299 e. The van der Waals surface area contributed by atoms with E-state index in [1.54, 1.807) is 11.3 Å². The molecule has 1 aromatic heterocycles. The van der Waals surface area contributed by atoms with Crippen LogP contribution < -0.4 is 0 Å². The fourth-order valence-corrected chi connectivity index (χ4v) is 2.29. The van der Waals surface area contributed by atoms with E-state index in [0.29, 0.717) is 12.8 Å². The molecule has 0 N–H and O–H groups in total. The third-order valence-corrected chi connectivity index (χ3v) is 3.12. The van der Waals surface area contributed by atoms with Crippen LogP contribution in [0.25, 0.3) is 10.2 Å². The molecule has 2 aromatic rings. The van der Waals surface area contributed by atoms with E-state index >= 15 is 0 Å². The highest BCUT2D eigenvalue weighted by Crippen LogP contribution is 2.21. The lowest BCUT2D eigenvalue weighted by Crippen LogP contribution is -1.99. The summed E-state index contributed by atoms with van der Waals surface area (Å²) in [6, 6.07) is 7.97. The summed E-state index contributed by atoms with van der Waals surface area (Å²) < 4.78 is 1.16. The molecule has 72 valence electrons. The molecule has 0 bridgehead atoms. The first-order valence-electron chi connectivity index (χ1n) is 4.65. The number of hydrogen-bond donors (Lipinski definition) is 0. The molecular formula is C11H11NOS. The molecule has 0 radical (unpaired) electrons. The van der Waals surface area contributed by atoms with Gasteiger partial charge in [-0.1, -0.05) is 19.1 Å². The molecule has 0 aliphatic carbocycles. The van der Waals surface area contributed by atoms with Crippen LogP contribution in [-0.2, 0) is 11.2 Å². The average Bonchev–Trinajstić information content (AvgIpc) is 2.59. The topological polar surface area (TPSA) is 30.0 Å². The second kappa shape index (κ2) is 3.88. The van der Waals surface area contributed by atoms with Crippen molar-refractivity contribution in [2.75, 3.05) is 0 Å². The van der Waals surface area contributed by atoms with E-state index in [0.717, 1.165) is 15.2 Å². The number of hydrogen-bond acceptors (Lipinski definition) is 3. The SMILES string of the molecule is CCC(=O)Cc1nc2ccccc2s1. The number of ketones is 1. The van der Waals surface area contributed by atoms with Gasteiger partial charge >= 0.3 is 0 Å². The zero-order valence-corrected chi connectivity index (χ0v) is 8.80. The number of carbonyl (C=O) groups is 1. The number of fused-ring (bicyclic) bond motifs is 1. The summed E-state index contributed by atoms with van der Waals surface area (Å²) in [6.45, 7) is 1.88. The largest absolute Gasteiger partial charge is 0.299 e. The van der Waals surface area contributed by atoms with Crippen molar-refractivity contribution >= 4 is 27.3 Å². The lowest BCUT2D eigenvalue weighted by atomic mass is 10.2. The molecule has 0 fully saturated rings. The van der Waals surface area contributed by atoms with Gasteiger partial charge in [-0.05, 0) is 12.1 Å². The predicted molar refractivity (Wildman–Crippen MR) is 58.6 cm³/mol. The number of thiazole rings is 1. The van der Waals surface area contributed by atoms with Crippen LogP contribution in [0.5, 0.6) is 0 Å². The van der Waals surface area contributed by atoms with E-state index in [1.165, 1.54) is 0 Å². The van der Waals surface area contributed by atoms with Crippen molar-refractivity contribution in [2.24, 2.45) is 0 Å². The lowest BCUT2D eigenvalue weighted by Gasteiger charge is -1.90. The molecule has 0 aliphatic heterocycles. The predicted octanol–water partition coefficient (Wildman–Crippen LogP) is 2.82. The van der Waals surface area contributed by atoms with Crippen LogP contribution in [0.15, 0.2) is 24.3 Å². The number of Topliss-reactive ketones (excluding diaryl/α,β-unsaturated/α-hetero) is 1. The molecule has 0 aliphatic rings. The van der Waals surface area contributed by atoms with Gasteiger partial charge in [0.15, 0.2) is 0 Å². The molecule has 0 atom stereocenters. The van der Waals surface area contributed by atoms with Gasteiger partial charge in [-0.2, -0.15) is 0 Å². The van der Waals surface area contributed by atoms with E-state index in [-0.39, 0.29) is 5.78 Å². The van der Waals surface area contributed by atoms with Gasteiger partial charge in [0, 0.05) is 6.42 Å². The standard InChI is InChI=1S/C11H11NOS/c1-2-8(13)7-11-12-9-5-3-4-6-10(9)14-11/h3-6H,2,7H2,1H3. The molecule has 14 heavy (non-hydrogen) atoms. The van der Waals surface area contributed by atoms with E-state index in [1.807, 2.05) is 31.2 Å². The van der Waals surface area contributed by atoms with Crippen molar-refractivity contribution < 1.29 is 4.79 Å². The fourth-order valence-electron chi connectivity index (χ4n) is 1.29. The third-order valence-electron chi connectivity index (χ3n) is 2.08. The highest BCUT2D eigenvalue weighted by molar-refractivity contribution is 7.18. The summed E-state index contributed by atoms with van der Waals surface area (Å²) >= 11 is 1.61. The third kappa shape index (κ3) is 1.82. The van der Waals surface area contributed by atoms with E-state index in [9.17, 15) is 4.79 Å². The molecule has 0 spiro atoms. The summed E-state index contributed by atoms with van der Waals surface area (Å²) in [4.78, 5) is 15.6. The summed E-state index contributed by atoms with van der Waals surface area (Å²) in [5.74, 6) is 0.254. The Morgan fingerprint density at radius 1 is 1.43 bits per heavy atom. The molecule has 1 aromatic carbocycles. The normalized spacial score (nSPS) is 10.6. The lowest BCUT2D eigenvalue weighted by molar-refractivity contribution is -0.118. The minimum atomic E-state index is 0.254. The zero-order chi connectivity index (χ0) is 9.97. The average molecular weight is 205 g/mol. The maximum absolute atomic E-state index is 11.2. The number of rotatable bonds is 3. The number of benzene rings is 1. The summed E-state index contributed by atoms with van der Waals surface area (Å²) in [6.07, 6.45) is 1.08. The van der Waals surface area contributed by atoms with Crippen LogP contribution >= 0.6 is 11.3 Å². The quantitative estimate of drug-likeness (QED) is 0.771. The Morgan fingerprint density at radius 2 is 2.21 bits per heavy atom. The Morgan fingerprint density at radius 3 is 2.93 bits per heavy atom. The van der Waals surface area contributed by atoms with Gasteiger partial charge in [0.2, 0.25) is 0 Å². The van der Waals surface area contributed by atoms with Gasteiger partial charge in [0.05, 0.1) is 16.6 Å². The van der Waals surface area contributed by atoms with Crippen molar-refractivity contribution in [3.8, 4) is 0 Å². The van der Waals surface area contributed by atoms with E-state index in [2.05, 4.69) is 4.98 Å². The maximum Gasteiger partial charge on any atom is 0.139 e. The van der Waals surface area contributed by atoms with Crippen molar-refractivity contribution in [2.45, 2.75) is 19.8 Å². The molecule has 0 unspecified atom stereocenters. The van der Waals surface area contributed by atoms with Gasteiger partial charge in [-0.15, -0.1) is 11.3 Å². The minimum absolute atomic E-state index is 0.254. The number of carbonyl (C=O) groups excluding carboxylic acids is 1. The fraction of sp³-hybridized carbons (Fsp3) is 0.273. The monoisotopic (exact) mass is 205 g/mol. The molecule has 0 saturated carbocycles. The number of aromatic nitrogens is 1.